The van der Waals surface area contributed by atoms with Crippen LogP contribution in [0.1, 0.15) is 50.2 Å². The lowest BCUT2D eigenvalue weighted by atomic mass is 9.84. The molecule has 4 rings (SSSR count). The average Bonchev–Trinajstić information content (AvgIpc) is 2.87. The van der Waals surface area contributed by atoms with Gasteiger partial charge in [-0.05, 0) is 106 Å². The number of anilines is 2. The standard InChI is InChI=1S/C28H39BrN4O3S/c1-20-21(2)28(13-12-27(20)29)33-18-16-32(17-19-33)15-14-23-4-6-25(7-5-23)31-37(35,36)26-10-8-24(9-11-26)30-22(3)34/h8-13,23,25,31H,4-7,14-19H2,1-3H3,(H,30,34). The first-order chi connectivity index (χ1) is 17.6. The fourth-order valence-corrected chi connectivity index (χ4v) is 7.21. The number of hydrogen-bond acceptors (Lipinski definition) is 5. The van der Waals surface area contributed by atoms with E-state index < -0.39 is 10.0 Å². The molecule has 7 nitrogen and oxygen atoms in total. The Balaban J connectivity index is 1.18. The zero-order chi connectivity index (χ0) is 26.6. The van der Waals surface area contributed by atoms with Crippen LogP contribution in [0.4, 0.5) is 11.4 Å². The van der Waals surface area contributed by atoms with Crippen LogP contribution in [-0.4, -0.2) is 58.0 Å². The predicted octanol–water partition coefficient (Wildman–Crippen LogP) is 5.07. The number of sulfonamides is 1. The molecule has 0 spiro atoms. The molecule has 1 heterocycles. The van der Waals surface area contributed by atoms with E-state index in [1.54, 1.807) is 12.1 Å². The quantitative estimate of drug-likeness (QED) is 0.448. The van der Waals surface area contributed by atoms with Crippen LogP contribution in [-0.2, 0) is 14.8 Å². The first-order valence-electron chi connectivity index (χ1n) is 13.3. The summed E-state index contributed by atoms with van der Waals surface area (Å²) in [4.78, 5) is 16.5. The summed E-state index contributed by atoms with van der Waals surface area (Å²) in [6.07, 6.45) is 5.06. The van der Waals surface area contributed by atoms with Crippen molar-refractivity contribution < 1.29 is 13.2 Å². The Kier molecular flexibility index (Phi) is 9.32. The largest absolute Gasteiger partial charge is 0.369 e. The van der Waals surface area contributed by atoms with Crippen molar-refractivity contribution in [2.75, 3.05) is 42.9 Å². The van der Waals surface area contributed by atoms with E-state index in [9.17, 15) is 13.2 Å². The minimum Gasteiger partial charge on any atom is -0.369 e. The molecule has 1 amide bonds. The number of benzene rings is 2. The molecule has 9 heteroatoms. The van der Waals surface area contributed by atoms with E-state index in [1.807, 2.05) is 0 Å². The molecular formula is C28H39BrN4O3S. The van der Waals surface area contributed by atoms with Crippen molar-refractivity contribution in [3.63, 3.8) is 0 Å². The molecule has 37 heavy (non-hydrogen) atoms. The van der Waals surface area contributed by atoms with Crippen LogP contribution in [0.25, 0.3) is 0 Å². The second-order valence-electron chi connectivity index (χ2n) is 10.5. The van der Waals surface area contributed by atoms with Gasteiger partial charge in [0.1, 0.15) is 0 Å². The number of rotatable bonds is 8. The molecule has 1 aliphatic heterocycles. The Morgan fingerprint density at radius 1 is 0.946 bits per heavy atom. The van der Waals surface area contributed by atoms with Gasteiger partial charge < -0.3 is 10.2 Å². The number of nitrogens with zero attached hydrogens (tertiary/aromatic N) is 2. The number of carbonyl (C=O) groups excluding carboxylic acids is 1. The highest BCUT2D eigenvalue weighted by Crippen LogP contribution is 2.31. The number of halogens is 1. The highest BCUT2D eigenvalue weighted by Gasteiger charge is 2.27. The van der Waals surface area contributed by atoms with Crippen molar-refractivity contribution >= 4 is 43.2 Å². The lowest BCUT2D eigenvalue weighted by molar-refractivity contribution is -0.114. The van der Waals surface area contributed by atoms with Gasteiger partial charge in [0.25, 0.3) is 0 Å². The minimum atomic E-state index is -3.57. The number of carbonyl (C=O) groups is 1. The Labute approximate surface area is 230 Å². The maximum absolute atomic E-state index is 12.8. The summed E-state index contributed by atoms with van der Waals surface area (Å²) < 4.78 is 29.7. The molecule has 1 aliphatic carbocycles. The third-order valence-electron chi connectivity index (χ3n) is 7.91. The molecule has 2 aliphatic rings. The van der Waals surface area contributed by atoms with Crippen molar-refractivity contribution in [3.05, 3.63) is 52.0 Å². The molecule has 2 aromatic carbocycles. The number of nitrogens with one attached hydrogen (secondary N) is 2. The number of hydrogen-bond donors (Lipinski definition) is 2. The second kappa shape index (κ2) is 12.3. The summed E-state index contributed by atoms with van der Waals surface area (Å²) in [6, 6.07) is 10.7. The lowest BCUT2D eigenvalue weighted by Crippen LogP contribution is -2.47. The van der Waals surface area contributed by atoms with Crippen molar-refractivity contribution in [2.45, 2.75) is 63.8 Å². The zero-order valence-corrected chi connectivity index (χ0v) is 24.5. The second-order valence-corrected chi connectivity index (χ2v) is 13.0. The van der Waals surface area contributed by atoms with Crippen LogP contribution in [0.2, 0.25) is 0 Å². The van der Waals surface area contributed by atoms with Crippen LogP contribution in [0.3, 0.4) is 0 Å². The molecule has 0 atom stereocenters. The fourth-order valence-electron chi connectivity index (χ4n) is 5.47. The molecule has 2 fully saturated rings. The molecular weight excluding hydrogens is 552 g/mol. The van der Waals surface area contributed by atoms with Gasteiger partial charge in [0.05, 0.1) is 4.90 Å². The third-order valence-corrected chi connectivity index (χ3v) is 10.3. The third kappa shape index (κ3) is 7.34. The van der Waals surface area contributed by atoms with Crippen LogP contribution < -0.4 is 14.9 Å². The highest BCUT2D eigenvalue weighted by atomic mass is 79.9. The molecule has 0 unspecified atom stereocenters. The van der Waals surface area contributed by atoms with Crippen LogP contribution in [0, 0.1) is 19.8 Å². The molecule has 0 radical (unpaired) electrons. The Hall–Kier alpha value is -1.94. The smallest absolute Gasteiger partial charge is 0.240 e. The summed E-state index contributed by atoms with van der Waals surface area (Å²) in [6.45, 7) is 11.2. The van der Waals surface area contributed by atoms with E-state index in [0.717, 1.165) is 58.4 Å². The first-order valence-corrected chi connectivity index (χ1v) is 15.5. The van der Waals surface area contributed by atoms with E-state index >= 15 is 0 Å². The fraction of sp³-hybridized carbons (Fsp3) is 0.536. The molecule has 202 valence electrons. The summed E-state index contributed by atoms with van der Waals surface area (Å²) in [5, 5.41) is 2.66. The van der Waals surface area contributed by atoms with E-state index in [0.29, 0.717) is 11.6 Å². The maximum atomic E-state index is 12.8. The van der Waals surface area contributed by atoms with Gasteiger partial charge >= 0.3 is 0 Å². The maximum Gasteiger partial charge on any atom is 0.240 e. The van der Waals surface area contributed by atoms with Gasteiger partial charge in [0, 0.05) is 55.0 Å². The lowest BCUT2D eigenvalue weighted by Gasteiger charge is -2.38. The van der Waals surface area contributed by atoms with E-state index in [1.165, 1.54) is 46.8 Å². The van der Waals surface area contributed by atoms with Gasteiger partial charge in [-0.2, -0.15) is 0 Å². The average molecular weight is 592 g/mol. The summed E-state index contributed by atoms with van der Waals surface area (Å²) in [5.41, 5.74) is 4.62. The monoisotopic (exact) mass is 590 g/mol. The molecule has 2 N–H and O–H groups in total. The normalized spacial score (nSPS) is 21.1. The van der Waals surface area contributed by atoms with E-state index in [4.69, 9.17) is 0 Å². The van der Waals surface area contributed by atoms with Crippen LogP contribution in [0.5, 0.6) is 0 Å². The van der Waals surface area contributed by atoms with Gasteiger partial charge in [0.15, 0.2) is 0 Å². The zero-order valence-electron chi connectivity index (χ0n) is 22.1. The predicted molar refractivity (Wildman–Crippen MR) is 154 cm³/mol. The topological polar surface area (TPSA) is 81.7 Å². The summed E-state index contributed by atoms with van der Waals surface area (Å²) in [5.74, 6) is 0.478. The Bertz CT molecular complexity index is 1190. The van der Waals surface area contributed by atoms with Crippen LogP contribution >= 0.6 is 15.9 Å². The van der Waals surface area contributed by atoms with E-state index in [2.05, 4.69) is 61.7 Å². The van der Waals surface area contributed by atoms with Gasteiger partial charge in [-0.15, -0.1) is 0 Å². The SMILES string of the molecule is CC(=O)Nc1ccc(S(=O)(=O)NC2CCC(CCN3CCN(c4ccc(Br)c(C)c4C)CC3)CC2)cc1. The van der Waals surface area contributed by atoms with Crippen molar-refractivity contribution in [1.29, 1.82) is 0 Å². The van der Waals surface area contributed by atoms with Gasteiger partial charge in [-0.25, -0.2) is 13.1 Å². The Morgan fingerprint density at radius 2 is 1.59 bits per heavy atom. The summed E-state index contributed by atoms with van der Waals surface area (Å²) >= 11 is 3.64. The molecule has 2 aromatic rings. The van der Waals surface area contributed by atoms with E-state index in [-0.39, 0.29) is 16.8 Å². The van der Waals surface area contributed by atoms with Gasteiger partial charge in [-0.3, -0.25) is 9.69 Å². The van der Waals surface area contributed by atoms with Crippen molar-refractivity contribution in [1.82, 2.24) is 9.62 Å². The molecule has 1 saturated carbocycles. The van der Waals surface area contributed by atoms with Crippen molar-refractivity contribution in [3.8, 4) is 0 Å². The molecule has 0 aromatic heterocycles. The highest BCUT2D eigenvalue weighted by molar-refractivity contribution is 9.10. The summed E-state index contributed by atoms with van der Waals surface area (Å²) in [7, 11) is -3.57. The van der Waals surface area contributed by atoms with Crippen molar-refractivity contribution in [2.24, 2.45) is 5.92 Å². The van der Waals surface area contributed by atoms with Gasteiger partial charge in [-0.1, -0.05) is 15.9 Å². The number of piperazine rings is 1. The molecule has 1 saturated heterocycles. The molecule has 0 bridgehead atoms. The first kappa shape index (κ1) is 28.1. The van der Waals surface area contributed by atoms with Crippen LogP contribution in [0.15, 0.2) is 45.8 Å². The Morgan fingerprint density at radius 3 is 2.22 bits per heavy atom. The minimum absolute atomic E-state index is 0.0163. The number of amides is 1. The van der Waals surface area contributed by atoms with Gasteiger partial charge in [0.2, 0.25) is 15.9 Å².